The van der Waals surface area contributed by atoms with Gasteiger partial charge in [0, 0.05) is 10.3 Å². The van der Waals surface area contributed by atoms with E-state index in [1.54, 1.807) is 12.1 Å². The minimum Gasteiger partial charge on any atom is -0.768 e. The van der Waals surface area contributed by atoms with Crippen LogP contribution < -0.4 is 9.47 Å². The normalized spacial score (nSPS) is 12.4. The Balaban J connectivity index is 2.77. The molecule has 0 amide bonds. The molecule has 0 fully saturated rings. The van der Waals surface area contributed by atoms with Crippen LogP contribution in [0.5, 0.6) is 11.5 Å². The smallest absolute Gasteiger partial charge is 0.180 e. The number of fused-ring (bicyclic) bond motifs is 1. The molecule has 0 radical (unpaired) electrons. The van der Waals surface area contributed by atoms with Crippen molar-refractivity contribution in [1.29, 1.82) is 0 Å². The van der Waals surface area contributed by atoms with Crippen LogP contribution in [0.25, 0.3) is 10.8 Å². The summed E-state index contributed by atoms with van der Waals surface area (Å²) in [4.78, 5) is 0.200. The average Bonchev–Trinajstić information content (AvgIpc) is 2.37. The van der Waals surface area contributed by atoms with Crippen LogP contribution in [-0.4, -0.2) is 23.0 Å². The maximum atomic E-state index is 10.9. The lowest BCUT2D eigenvalue weighted by atomic mass is 10.1. The second-order valence-electron chi connectivity index (χ2n) is 3.54. The topological polar surface area (TPSA) is 58.6 Å². The Morgan fingerprint density at radius 2 is 1.94 bits per heavy atom. The minimum absolute atomic E-state index is 0.200. The summed E-state index contributed by atoms with van der Waals surface area (Å²) >= 11 is 3.93. The Kier molecular flexibility index (Phi) is 3.75. The molecule has 0 bridgehead atoms. The molecule has 0 aliphatic rings. The van der Waals surface area contributed by atoms with Gasteiger partial charge in [-0.1, -0.05) is 17.7 Å². The maximum absolute atomic E-state index is 10.9. The molecule has 6 heteroatoms. The highest BCUT2D eigenvalue weighted by Gasteiger charge is 2.13. The molecule has 0 spiro atoms. The summed E-state index contributed by atoms with van der Waals surface area (Å²) in [5.41, 5.74) is 0. The number of hydrogen-bond donors (Lipinski definition) is 0. The zero-order valence-electron chi connectivity index (χ0n) is 9.73. The lowest BCUT2D eigenvalue weighted by Crippen LogP contribution is -1.93. The van der Waals surface area contributed by atoms with E-state index in [-0.39, 0.29) is 4.90 Å². The summed E-state index contributed by atoms with van der Waals surface area (Å²) in [6, 6.07) is 6.36. The first-order valence-electron chi connectivity index (χ1n) is 5.02. The van der Waals surface area contributed by atoms with Crippen molar-refractivity contribution in [2.24, 2.45) is 0 Å². The van der Waals surface area contributed by atoms with Crippen molar-refractivity contribution in [3.63, 3.8) is 0 Å². The largest absolute Gasteiger partial charge is 0.768 e. The van der Waals surface area contributed by atoms with E-state index in [2.05, 4.69) is 0 Å². The summed E-state index contributed by atoms with van der Waals surface area (Å²) in [5.74, 6) is 0.895. The molecule has 0 aromatic heterocycles. The van der Waals surface area contributed by atoms with Crippen LogP contribution in [0.15, 0.2) is 29.2 Å². The van der Waals surface area contributed by atoms with Crippen LogP contribution in [-0.2, 0) is 11.1 Å². The van der Waals surface area contributed by atoms with Crippen molar-refractivity contribution in [2.75, 3.05) is 14.2 Å². The predicted molar refractivity (Wildman–Crippen MR) is 69.2 cm³/mol. The summed E-state index contributed by atoms with van der Waals surface area (Å²) in [6.07, 6.45) is 0. The highest BCUT2D eigenvalue weighted by Crippen LogP contribution is 2.41. The Morgan fingerprint density at radius 3 is 2.50 bits per heavy atom. The van der Waals surface area contributed by atoms with E-state index in [0.717, 1.165) is 0 Å². The summed E-state index contributed by atoms with van der Waals surface area (Å²) in [6.45, 7) is 0. The summed E-state index contributed by atoms with van der Waals surface area (Å²) < 4.78 is 32.2. The summed E-state index contributed by atoms with van der Waals surface area (Å²) in [7, 11) is 2.99. The van der Waals surface area contributed by atoms with Gasteiger partial charge in [-0.2, -0.15) is 0 Å². The Bertz CT molecular complexity index is 627. The zero-order valence-corrected chi connectivity index (χ0v) is 11.3. The van der Waals surface area contributed by atoms with Gasteiger partial charge in [0.25, 0.3) is 0 Å². The van der Waals surface area contributed by atoms with Gasteiger partial charge in [0.2, 0.25) is 0 Å². The van der Waals surface area contributed by atoms with Gasteiger partial charge in [0.05, 0.1) is 19.2 Å². The number of methoxy groups -OCH3 is 2. The average molecular weight is 286 g/mol. The van der Waals surface area contributed by atoms with Crippen LogP contribution in [0.1, 0.15) is 0 Å². The molecule has 0 N–H and O–H groups in total. The molecule has 0 saturated carbocycles. The van der Waals surface area contributed by atoms with E-state index in [9.17, 15) is 8.76 Å². The molecule has 4 nitrogen and oxygen atoms in total. The van der Waals surface area contributed by atoms with Crippen LogP contribution in [0.3, 0.4) is 0 Å². The van der Waals surface area contributed by atoms with Crippen LogP contribution in [0.4, 0.5) is 0 Å². The van der Waals surface area contributed by atoms with Gasteiger partial charge in [-0.15, -0.1) is 0 Å². The molecular weight excluding hydrogens is 276 g/mol. The van der Waals surface area contributed by atoms with Gasteiger partial charge in [0.1, 0.15) is 0 Å². The van der Waals surface area contributed by atoms with E-state index < -0.39 is 11.1 Å². The molecule has 0 heterocycles. The van der Waals surface area contributed by atoms with Crippen LogP contribution >= 0.6 is 11.6 Å². The third-order valence-corrected chi connectivity index (χ3v) is 3.60. The molecule has 2 aromatic carbocycles. The fourth-order valence-corrected chi connectivity index (χ4v) is 2.49. The van der Waals surface area contributed by atoms with Gasteiger partial charge in [0.15, 0.2) is 11.5 Å². The number of ether oxygens (including phenoxy) is 2. The minimum atomic E-state index is -2.27. The van der Waals surface area contributed by atoms with Crippen molar-refractivity contribution in [2.45, 2.75) is 4.90 Å². The predicted octanol–water partition coefficient (Wildman–Crippen LogP) is 2.75. The Morgan fingerprint density at radius 1 is 1.22 bits per heavy atom. The number of hydrogen-bond acceptors (Lipinski definition) is 4. The molecule has 0 aliphatic heterocycles. The standard InChI is InChI=1S/C12H11ClO4S/c1-16-10-6-7-5-8(18(14)15)3-4-9(7)11(13)12(10)17-2/h3-6H,1-2H3,(H,14,15)/p-1. The third kappa shape index (κ3) is 2.16. The van der Waals surface area contributed by atoms with Crippen molar-refractivity contribution in [3.8, 4) is 11.5 Å². The molecule has 96 valence electrons. The van der Waals surface area contributed by atoms with Crippen molar-refractivity contribution in [3.05, 3.63) is 29.3 Å². The quantitative estimate of drug-likeness (QED) is 0.814. The fraction of sp³-hybridized carbons (Fsp3) is 0.167. The lowest BCUT2D eigenvalue weighted by molar-refractivity contribution is 0.356. The first kappa shape index (κ1) is 13.1. The number of rotatable bonds is 3. The SMILES string of the molecule is COc1cc2cc(S(=O)[O-])ccc2c(Cl)c1OC. The molecule has 0 aliphatic carbocycles. The maximum Gasteiger partial charge on any atom is 0.180 e. The molecular formula is C12H10ClO4S-. The van der Waals surface area contributed by atoms with Gasteiger partial charge in [-0.25, -0.2) is 0 Å². The monoisotopic (exact) mass is 285 g/mol. The first-order chi connectivity index (χ1) is 8.58. The first-order valence-corrected chi connectivity index (χ1v) is 6.47. The van der Waals surface area contributed by atoms with E-state index >= 15 is 0 Å². The van der Waals surface area contributed by atoms with Gasteiger partial charge >= 0.3 is 0 Å². The second-order valence-corrected chi connectivity index (χ2v) is 4.86. The van der Waals surface area contributed by atoms with Crippen LogP contribution in [0, 0.1) is 0 Å². The van der Waals surface area contributed by atoms with Crippen molar-refractivity contribution in [1.82, 2.24) is 0 Å². The molecule has 1 unspecified atom stereocenters. The van der Waals surface area contributed by atoms with E-state index in [4.69, 9.17) is 21.1 Å². The van der Waals surface area contributed by atoms with Gasteiger partial charge in [-0.05, 0) is 34.7 Å². The molecule has 18 heavy (non-hydrogen) atoms. The van der Waals surface area contributed by atoms with E-state index in [0.29, 0.717) is 27.3 Å². The van der Waals surface area contributed by atoms with Gasteiger partial charge < -0.3 is 14.0 Å². The highest BCUT2D eigenvalue weighted by molar-refractivity contribution is 7.79. The number of halogens is 1. The third-order valence-electron chi connectivity index (χ3n) is 2.59. The molecule has 1 atom stereocenters. The van der Waals surface area contributed by atoms with Crippen molar-refractivity contribution < 1.29 is 18.2 Å². The van der Waals surface area contributed by atoms with Crippen molar-refractivity contribution >= 4 is 33.5 Å². The lowest BCUT2D eigenvalue weighted by Gasteiger charge is -2.13. The molecule has 0 saturated heterocycles. The molecule has 2 aromatic rings. The van der Waals surface area contributed by atoms with E-state index in [1.807, 2.05) is 0 Å². The number of benzene rings is 2. The highest BCUT2D eigenvalue weighted by atomic mass is 35.5. The van der Waals surface area contributed by atoms with E-state index in [1.165, 1.54) is 26.4 Å². The van der Waals surface area contributed by atoms with Gasteiger partial charge in [-0.3, -0.25) is 4.21 Å². The fourth-order valence-electron chi connectivity index (χ4n) is 1.74. The molecule has 2 rings (SSSR count). The van der Waals surface area contributed by atoms with Crippen LogP contribution in [0.2, 0.25) is 5.02 Å². The zero-order chi connectivity index (χ0) is 13.3. The Hall–Kier alpha value is -1.30. The summed E-state index contributed by atoms with van der Waals surface area (Å²) in [5, 5.41) is 1.79. The Labute approximate surface area is 112 Å². The second kappa shape index (κ2) is 5.14.